The molecule has 0 spiro atoms. The van der Waals surface area contributed by atoms with Crippen molar-refractivity contribution >= 4 is 37.1 Å². The van der Waals surface area contributed by atoms with E-state index in [0.717, 1.165) is 12.1 Å². The van der Waals surface area contributed by atoms with Crippen molar-refractivity contribution < 1.29 is 77.4 Å². The zero-order valence-corrected chi connectivity index (χ0v) is 27.9. The maximum absolute atomic E-state index is 13.4. The molecule has 10 unspecified atom stereocenters. The number of nitrogens with one attached hydrogen (secondary N) is 1. The molecule has 3 fully saturated rings. The molecule has 5 rings (SSSR count). The molecule has 2 aromatic carbocycles. The van der Waals surface area contributed by atoms with Gasteiger partial charge in [0.2, 0.25) is 12.2 Å². The largest absolute Gasteiger partial charge is 0.524 e. The molecule has 1 saturated carbocycles. The summed E-state index contributed by atoms with van der Waals surface area (Å²) in [5, 5.41) is 58.9. The number of phosphoric acid groups is 1. The lowest BCUT2D eigenvalue weighted by Gasteiger charge is -2.41. The first-order valence-electron chi connectivity index (χ1n) is 15.0. The van der Waals surface area contributed by atoms with Crippen LogP contribution < -0.4 is 14.6 Å². The van der Waals surface area contributed by atoms with Gasteiger partial charge in [0.25, 0.3) is 0 Å². The van der Waals surface area contributed by atoms with Crippen molar-refractivity contribution in [3.05, 3.63) is 63.9 Å². The predicted octanol–water partition coefficient (Wildman–Crippen LogP) is 0.0947. The van der Waals surface area contributed by atoms with Gasteiger partial charge in [-0.2, -0.15) is 0 Å². The van der Waals surface area contributed by atoms with E-state index in [1.54, 1.807) is 0 Å². The van der Waals surface area contributed by atoms with Gasteiger partial charge in [-0.15, -0.1) is 0 Å². The van der Waals surface area contributed by atoms with E-state index < -0.39 is 86.5 Å². The fraction of sp³-hybridized carbons (Fsp3) is 0.467. The zero-order valence-electron chi connectivity index (χ0n) is 26.3. The fourth-order valence-corrected chi connectivity index (χ4v) is 6.15. The van der Waals surface area contributed by atoms with Crippen molar-refractivity contribution in [2.24, 2.45) is 5.16 Å². The van der Waals surface area contributed by atoms with Crippen LogP contribution in [0, 0.1) is 5.82 Å². The van der Waals surface area contributed by atoms with E-state index in [2.05, 4.69) is 10.5 Å². The van der Waals surface area contributed by atoms with Crippen LogP contribution >= 0.6 is 19.4 Å². The second-order valence-electron chi connectivity index (χ2n) is 11.7. The molecule has 0 bridgehead atoms. The van der Waals surface area contributed by atoms with Gasteiger partial charge < -0.3 is 59.2 Å². The molecule has 17 nitrogen and oxygen atoms in total. The topological polar surface area (TPSA) is 256 Å². The lowest BCUT2D eigenvalue weighted by Crippen LogP contribution is -2.67. The Morgan fingerprint density at radius 2 is 1.70 bits per heavy atom. The van der Waals surface area contributed by atoms with Gasteiger partial charge in [-0.25, -0.2) is 8.96 Å². The van der Waals surface area contributed by atoms with Crippen molar-refractivity contribution in [3.8, 4) is 11.5 Å². The van der Waals surface area contributed by atoms with E-state index in [-0.39, 0.29) is 41.0 Å². The number of carbonyl (C=O) groups is 1. The minimum absolute atomic E-state index is 0.0143. The quantitative estimate of drug-likeness (QED) is 0.0656. The summed E-state index contributed by atoms with van der Waals surface area (Å²) in [6, 6.07) is 6.32. The molecule has 274 valence electrons. The molecule has 8 N–H and O–H groups in total. The van der Waals surface area contributed by atoms with Gasteiger partial charge in [-0.3, -0.25) is 14.6 Å². The number of oxime groups is 1. The van der Waals surface area contributed by atoms with E-state index >= 15 is 0 Å². The van der Waals surface area contributed by atoms with Crippen LogP contribution in [0.5, 0.6) is 11.5 Å². The lowest BCUT2D eigenvalue weighted by atomic mass is 9.83. The first-order valence-corrected chi connectivity index (χ1v) is 16.9. The van der Waals surface area contributed by atoms with Crippen LogP contribution in [0.2, 0.25) is 5.02 Å². The minimum atomic E-state index is -5.18. The smallest absolute Gasteiger partial charge is 0.458 e. The molecule has 2 aliphatic heterocycles. The third kappa shape index (κ3) is 8.62. The molecule has 50 heavy (non-hydrogen) atoms. The standard InChI is InChI=1S/C30H35ClFN2O15P/c1-12(29(40)33-20-21(35)23(37)28-27(22(20)36)44-11-45-28)7-14-4-6-18(19(9-14)49-50(41,42)43)47-30-25(39)24(38)26(48-30)13(2)34-46-10-15-3-5-17(32)16(31)8-15/h3-9,20-28,30,35-39H,10-11H2,1-2H3,(H,33,40)(H2,41,42,43). The van der Waals surface area contributed by atoms with E-state index in [1.807, 2.05) is 0 Å². The third-order valence-corrected chi connectivity index (χ3v) is 8.85. The number of hydrogen-bond acceptors (Lipinski definition) is 14. The maximum atomic E-state index is 13.4. The monoisotopic (exact) mass is 748 g/mol. The van der Waals surface area contributed by atoms with Crippen molar-refractivity contribution in [3.63, 3.8) is 0 Å². The van der Waals surface area contributed by atoms with Crippen molar-refractivity contribution in [1.82, 2.24) is 5.32 Å². The lowest BCUT2D eigenvalue weighted by molar-refractivity contribution is -0.155. The Morgan fingerprint density at radius 3 is 2.38 bits per heavy atom. The Hall–Kier alpha value is -3.23. The summed E-state index contributed by atoms with van der Waals surface area (Å²) in [4.78, 5) is 37.3. The SMILES string of the molecule is CC(=Cc1ccc(OC2OC(C(C)=NOCc3ccc(F)c(Cl)c3)C(O)C2O)c(OP(=O)(O)O)c1)C(=O)NC1C(O)C(O)C2OCOC2C1O. The Morgan fingerprint density at radius 1 is 1.00 bits per heavy atom. The number of nitrogens with zero attached hydrogens (tertiary/aromatic N) is 1. The highest BCUT2D eigenvalue weighted by atomic mass is 35.5. The molecule has 2 saturated heterocycles. The normalized spacial score (nSPS) is 31.7. The van der Waals surface area contributed by atoms with Crippen LogP contribution in [0.15, 0.2) is 47.1 Å². The van der Waals surface area contributed by atoms with Crippen molar-refractivity contribution in [2.45, 2.75) is 81.6 Å². The average Bonchev–Trinajstić information content (AvgIpc) is 3.65. The first-order chi connectivity index (χ1) is 23.5. The van der Waals surface area contributed by atoms with E-state index in [1.165, 1.54) is 44.2 Å². The molecule has 3 aliphatic rings. The molecule has 2 aromatic rings. The number of benzene rings is 2. The van der Waals surface area contributed by atoms with Gasteiger partial charge in [-0.1, -0.05) is 28.9 Å². The highest BCUT2D eigenvalue weighted by Crippen LogP contribution is 2.43. The fourth-order valence-electron chi connectivity index (χ4n) is 5.55. The Labute approximate surface area is 288 Å². The number of amides is 1. The van der Waals surface area contributed by atoms with Gasteiger partial charge in [0.15, 0.2) is 11.5 Å². The van der Waals surface area contributed by atoms with Crippen LogP contribution in [-0.4, -0.2) is 115 Å². The van der Waals surface area contributed by atoms with E-state index in [0.29, 0.717) is 5.56 Å². The highest BCUT2D eigenvalue weighted by Gasteiger charge is 2.53. The molecule has 1 aliphatic carbocycles. The summed E-state index contributed by atoms with van der Waals surface area (Å²) < 4.78 is 51.7. The van der Waals surface area contributed by atoms with Crippen molar-refractivity contribution in [1.29, 1.82) is 0 Å². The number of carbonyl (C=O) groups excluding carboxylic acids is 1. The Balaban J connectivity index is 1.27. The number of phosphoric ester groups is 1. The number of fused-ring (bicyclic) bond motifs is 1. The van der Waals surface area contributed by atoms with E-state index in [9.17, 15) is 49.1 Å². The number of ether oxygens (including phenoxy) is 4. The summed E-state index contributed by atoms with van der Waals surface area (Å²) >= 11 is 5.76. The Kier molecular flexibility index (Phi) is 11.8. The molecule has 0 radical (unpaired) electrons. The molecule has 0 aromatic heterocycles. The second-order valence-corrected chi connectivity index (χ2v) is 13.3. The summed E-state index contributed by atoms with van der Waals surface area (Å²) in [6.45, 7) is 2.51. The number of hydrogen-bond donors (Lipinski definition) is 8. The van der Waals surface area contributed by atoms with Crippen LogP contribution in [0.25, 0.3) is 6.08 Å². The van der Waals surface area contributed by atoms with Crippen molar-refractivity contribution in [2.75, 3.05) is 6.79 Å². The third-order valence-electron chi connectivity index (χ3n) is 8.13. The molecular formula is C30H35ClFN2O15P. The van der Waals surface area contributed by atoms with Gasteiger partial charge >= 0.3 is 7.82 Å². The maximum Gasteiger partial charge on any atom is 0.524 e. The molecule has 20 heteroatoms. The minimum Gasteiger partial charge on any atom is -0.458 e. The van der Waals surface area contributed by atoms with Crippen LogP contribution in [0.4, 0.5) is 4.39 Å². The summed E-state index contributed by atoms with van der Waals surface area (Å²) in [5.41, 5.74) is 0.783. The second kappa shape index (κ2) is 15.6. The van der Waals surface area contributed by atoms with Gasteiger partial charge in [-0.05, 0) is 55.3 Å². The van der Waals surface area contributed by atoms with Crippen LogP contribution in [-0.2, 0) is 35.0 Å². The molecule has 10 atom stereocenters. The average molecular weight is 749 g/mol. The number of rotatable bonds is 11. The van der Waals surface area contributed by atoms with Crippen LogP contribution in [0.1, 0.15) is 25.0 Å². The van der Waals surface area contributed by atoms with Gasteiger partial charge in [0.1, 0.15) is 68.0 Å². The number of aliphatic hydroxyl groups excluding tert-OH is 5. The Bertz CT molecular complexity index is 1680. The summed E-state index contributed by atoms with van der Waals surface area (Å²) in [7, 11) is -5.18. The highest BCUT2D eigenvalue weighted by molar-refractivity contribution is 7.46. The number of aliphatic hydroxyl groups is 5. The molecular weight excluding hydrogens is 714 g/mol. The van der Waals surface area contributed by atoms with Gasteiger partial charge in [0, 0.05) is 5.57 Å². The zero-order chi connectivity index (χ0) is 36.5. The first kappa shape index (κ1) is 38.0. The molecule has 1 amide bonds. The summed E-state index contributed by atoms with van der Waals surface area (Å²) in [6.07, 6.45) is -11.2. The van der Waals surface area contributed by atoms with Crippen LogP contribution in [0.3, 0.4) is 0 Å². The predicted molar refractivity (Wildman–Crippen MR) is 168 cm³/mol. The van der Waals surface area contributed by atoms with E-state index in [4.69, 9.17) is 39.9 Å². The molecule has 2 heterocycles. The van der Waals surface area contributed by atoms with Gasteiger partial charge in [0.05, 0.1) is 16.8 Å². The number of halogens is 2. The summed E-state index contributed by atoms with van der Waals surface area (Å²) in [5.74, 6) is -2.21.